The summed E-state index contributed by atoms with van der Waals surface area (Å²) < 4.78 is 10.1. The Balaban J connectivity index is 3.57. The van der Waals surface area contributed by atoms with E-state index in [4.69, 9.17) is 9.47 Å². The molecule has 1 unspecified atom stereocenters. The lowest BCUT2D eigenvalue weighted by Crippen LogP contribution is -2.09. The van der Waals surface area contributed by atoms with Crippen LogP contribution in [-0.4, -0.2) is 32.1 Å². The summed E-state index contributed by atoms with van der Waals surface area (Å²) in [4.78, 5) is 22.4. The largest absolute Gasteiger partial charge is 0.466 e. The van der Waals surface area contributed by atoms with E-state index in [-0.39, 0.29) is 17.7 Å². The smallest absolute Gasteiger partial charge is 0.305 e. The molecule has 0 aliphatic heterocycles. The SMILES string of the molecule is C=CC(CCOC(=O)CCCCCOC)CCC(C)=O. The van der Waals surface area contributed by atoms with Crippen LogP contribution in [0.4, 0.5) is 0 Å². The Bertz CT molecular complexity index is 286. The molecule has 116 valence electrons. The number of ketones is 1. The van der Waals surface area contributed by atoms with E-state index >= 15 is 0 Å². The van der Waals surface area contributed by atoms with Crippen molar-refractivity contribution >= 4 is 11.8 Å². The van der Waals surface area contributed by atoms with Crippen LogP contribution in [0.5, 0.6) is 0 Å². The summed E-state index contributed by atoms with van der Waals surface area (Å²) in [5.74, 6) is 0.287. The first-order chi connectivity index (χ1) is 9.60. The van der Waals surface area contributed by atoms with Crippen LogP contribution in [0.3, 0.4) is 0 Å². The standard InChI is InChI=1S/C16H28O4/c1-4-15(10-9-14(2)17)11-13-20-16(18)8-6-5-7-12-19-3/h4,15H,1,5-13H2,2-3H3. The highest BCUT2D eigenvalue weighted by atomic mass is 16.5. The van der Waals surface area contributed by atoms with E-state index in [9.17, 15) is 9.59 Å². The molecule has 0 amide bonds. The van der Waals surface area contributed by atoms with Gasteiger partial charge < -0.3 is 14.3 Å². The van der Waals surface area contributed by atoms with Gasteiger partial charge in [0.1, 0.15) is 5.78 Å². The van der Waals surface area contributed by atoms with Gasteiger partial charge in [0.2, 0.25) is 0 Å². The van der Waals surface area contributed by atoms with Crippen molar-refractivity contribution in [1.29, 1.82) is 0 Å². The summed E-state index contributed by atoms with van der Waals surface area (Å²) in [6, 6.07) is 0. The molecule has 0 fully saturated rings. The highest BCUT2D eigenvalue weighted by Crippen LogP contribution is 2.13. The lowest BCUT2D eigenvalue weighted by molar-refractivity contribution is -0.144. The number of esters is 1. The van der Waals surface area contributed by atoms with Crippen LogP contribution in [0.25, 0.3) is 0 Å². The molecule has 0 spiro atoms. The highest BCUT2D eigenvalue weighted by molar-refractivity contribution is 5.75. The van der Waals surface area contributed by atoms with E-state index < -0.39 is 0 Å². The summed E-state index contributed by atoms with van der Waals surface area (Å²) in [6.45, 7) is 6.49. The predicted octanol–water partition coefficient (Wildman–Crippen LogP) is 3.30. The number of carbonyl (C=O) groups is 2. The average Bonchev–Trinajstić information content (AvgIpc) is 2.42. The van der Waals surface area contributed by atoms with Gasteiger partial charge in [-0.05, 0) is 38.5 Å². The number of hydrogen-bond acceptors (Lipinski definition) is 4. The molecular weight excluding hydrogens is 256 g/mol. The van der Waals surface area contributed by atoms with Crippen molar-refractivity contribution in [1.82, 2.24) is 0 Å². The van der Waals surface area contributed by atoms with Gasteiger partial charge in [0.15, 0.2) is 0 Å². The lowest BCUT2D eigenvalue weighted by atomic mass is 9.99. The van der Waals surface area contributed by atoms with E-state index in [0.29, 0.717) is 19.4 Å². The summed E-state index contributed by atoms with van der Waals surface area (Å²) >= 11 is 0. The Morgan fingerprint density at radius 3 is 2.45 bits per heavy atom. The highest BCUT2D eigenvalue weighted by Gasteiger charge is 2.08. The van der Waals surface area contributed by atoms with E-state index in [2.05, 4.69) is 6.58 Å². The van der Waals surface area contributed by atoms with E-state index in [0.717, 1.165) is 38.7 Å². The third-order valence-electron chi connectivity index (χ3n) is 3.18. The fraction of sp³-hybridized carbons (Fsp3) is 0.750. The third kappa shape index (κ3) is 11.9. The number of allylic oxidation sites excluding steroid dienone is 1. The van der Waals surface area contributed by atoms with Crippen molar-refractivity contribution in [2.75, 3.05) is 20.3 Å². The minimum absolute atomic E-state index is 0.142. The van der Waals surface area contributed by atoms with Crippen LogP contribution in [0.2, 0.25) is 0 Å². The predicted molar refractivity (Wildman–Crippen MR) is 79.5 cm³/mol. The quantitative estimate of drug-likeness (QED) is 0.296. The van der Waals surface area contributed by atoms with Gasteiger partial charge in [-0.3, -0.25) is 4.79 Å². The Kier molecular flexibility index (Phi) is 12.1. The molecule has 0 radical (unpaired) electrons. The molecule has 4 nitrogen and oxygen atoms in total. The molecule has 0 aliphatic carbocycles. The Morgan fingerprint density at radius 2 is 1.85 bits per heavy atom. The second-order valence-corrected chi connectivity index (χ2v) is 5.05. The van der Waals surface area contributed by atoms with Crippen molar-refractivity contribution in [2.45, 2.75) is 51.9 Å². The zero-order chi connectivity index (χ0) is 15.2. The monoisotopic (exact) mass is 284 g/mol. The number of carbonyl (C=O) groups excluding carboxylic acids is 2. The number of methoxy groups -OCH3 is 1. The second-order valence-electron chi connectivity index (χ2n) is 5.05. The van der Waals surface area contributed by atoms with Crippen LogP contribution in [0.15, 0.2) is 12.7 Å². The number of ether oxygens (including phenoxy) is 2. The Labute approximate surface area is 122 Å². The molecule has 0 heterocycles. The molecule has 0 saturated carbocycles. The summed E-state index contributed by atoms with van der Waals surface area (Å²) in [6.07, 6.45) is 7.20. The van der Waals surface area contributed by atoms with Crippen LogP contribution in [0, 0.1) is 5.92 Å². The normalized spacial score (nSPS) is 11.9. The van der Waals surface area contributed by atoms with Crippen molar-refractivity contribution in [3.63, 3.8) is 0 Å². The maximum atomic E-state index is 11.5. The van der Waals surface area contributed by atoms with Crippen molar-refractivity contribution in [3.8, 4) is 0 Å². The van der Waals surface area contributed by atoms with Gasteiger partial charge in [0.25, 0.3) is 0 Å². The van der Waals surface area contributed by atoms with E-state index in [1.165, 1.54) is 0 Å². The number of hydrogen-bond donors (Lipinski definition) is 0. The Hall–Kier alpha value is -1.16. The molecule has 4 heteroatoms. The number of rotatable bonds is 13. The molecule has 0 aromatic rings. The van der Waals surface area contributed by atoms with Crippen molar-refractivity contribution < 1.29 is 19.1 Å². The van der Waals surface area contributed by atoms with Gasteiger partial charge >= 0.3 is 5.97 Å². The first-order valence-electron chi connectivity index (χ1n) is 7.36. The molecule has 0 rings (SSSR count). The van der Waals surface area contributed by atoms with Gasteiger partial charge in [-0.2, -0.15) is 0 Å². The topological polar surface area (TPSA) is 52.6 Å². The van der Waals surface area contributed by atoms with Gasteiger partial charge in [-0.1, -0.05) is 12.5 Å². The van der Waals surface area contributed by atoms with E-state index in [1.54, 1.807) is 14.0 Å². The molecule has 0 bridgehead atoms. The van der Waals surface area contributed by atoms with Gasteiger partial charge in [0, 0.05) is 26.6 Å². The fourth-order valence-electron chi connectivity index (χ4n) is 1.86. The summed E-state index contributed by atoms with van der Waals surface area (Å²) in [5, 5.41) is 0. The lowest BCUT2D eigenvalue weighted by Gasteiger charge is -2.11. The molecule has 0 saturated heterocycles. The van der Waals surface area contributed by atoms with Crippen LogP contribution < -0.4 is 0 Å². The van der Waals surface area contributed by atoms with Gasteiger partial charge in [0.05, 0.1) is 6.61 Å². The minimum Gasteiger partial charge on any atom is -0.466 e. The van der Waals surface area contributed by atoms with Gasteiger partial charge in [-0.15, -0.1) is 6.58 Å². The molecule has 0 aromatic heterocycles. The maximum absolute atomic E-state index is 11.5. The first kappa shape index (κ1) is 18.8. The molecule has 20 heavy (non-hydrogen) atoms. The zero-order valence-corrected chi connectivity index (χ0v) is 12.9. The Morgan fingerprint density at radius 1 is 1.10 bits per heavy atom. The zero-order valence-electron chi connectivity index (χ0n) is 12.9. The fourth-order valence-corrected chi connectivity index (χ4v) is 1.86. The molecular formula is C16H28O4. The minimum atomic E-state index is -0.142. The van der Waals surface area contributed by atoms with Crippen LogP contribution >= 0.6 is 0 Å². The molecule has 1 atom stereocenters. The number of Topliss-reactive ketones (excluding diaryl/α,β-unsaturated/α-hetero) is 1. The average molecular weight is 284 g/mol. The van der Waals surface area contributed by atoms with Crippen molar-refractivity contribution in [3.05, 3.63) is 12.7 Å². The summed E-state index contributed by atoms with van der Waals surface area (Å²) in [7, 11) is 1.68. The van der Waals surface area contributed by atoms with E-state index in [1.807, 2.05) is 6.08 Å². The molecule has 0 N–H and O–H groups in total. The van der Waals surface area contributed by atoms with Crippen LogP contribution in [0.1, 0.15) is 51.9 Å². The second kappa shape index (κ2) is 12.9. The molecule has 0 aromatic carbocycles. The van der Waals surface area contributed by atoms with Crippen molar-refractivity contribution in [2.24, 2.45) is 5.92 Å². The molecule has 0 aliphatic rings. The summed E-state index contributed by atoms with van der Waals surface area (Å²) in [5.41, 5.74) is 0. The maximum Gasteiger partial charge on any atom is 0.305 e. The third-order valence-corrected chi connectivity index (χ3v) is 3.18. The number of unbranched alkanes of at least 4 members (excludes halogenated alkanes) is 2. The first-order valence-corrected chi connectivity index (χ1v) is 7.36. The van der Waals surface area contributed by atoms with Crippen LogP contribution in [-0.2, 0) is 19.1 Å². The van der Waals surface area contributed by atoms with Gasteiger partial charge in [-0.25, -0.2) is 0 Å².